The van der Waals surface area contributed by atoms with E-state index in [1.54, 1.807) is 4.90 Å². The third kappa shape index (κ3) is 7.93. The van der Waals surface area contributed by atoms with Crippen LogP contribution in [0.2, 0.25) is 5.02 Å². The molecule has 2 amide bonds. The summed E-state index contributed by atoms with van der Waals surface area (Å²) in [6, 6.07) is 24.7. The first-order valence-corrected chi connectivity index (χ1v) is 12.8. The first kappa shape index (κ1) is 25.9. The quantitative estimate of drug-likeness (QED) is 0.357. The second kappa shape index (κ2) is 12.6. The normalized spacial score (nSPS) is 11.8. The van der Waals surface area contributed by atoms with Gasteiger partial charge in [-0.15, -0.1) is 11.8 Å². The summed E-state index contributed by atoms with van der Waals surface area (Å²) in [6.45, 7) is 6.25. The van der Waals surface area contributed by atoms with Crippen LogP contribution >= 0.6 is 23.4 Å². The third-order valence-corrected chi connectivity index (χ3v) is 6.56. The lowest BCUT2D eigenvalue weighted by Gasteiger charge is -2.32. The number of benzene rings is 3. The molecule has 0 saturated carbocycles. The van der Waals surface area contributed by atoms with Crippen molar-refractivity contribution < 1.29 is 9.59 Å². The third-order valence-electron chi connectivity index (χ3n) is 5.31. The van der Waals surface area contributed by atoms with Crippen LogP contribution in [0.5, 0.6) is 0 Å². The van der Waals surface area contributed by atoms with Gasteiger partial charge in [-0.3, -0.25) is 9.59 Å². The zero-order valence-corrected chi connectivity index (χ0v) is 21.4. The molecule has 34 heavy (non-hydrogen) atoms. The Morgan fingerprint density at radius 2 is 1.62 bits per heavy atom. The van der Waals surface area contributed by atoms with Gasteiger partial charge in [0.1, 0.15) is 6.04 Å². The zero-order valence-electron chi connectivity index (χ0n) is 19.8. The average Bonchev–Trinajstić information content (AvgIpc) is 2.81. The van der Waals surface area contributed by atoms with E-state index in [4.69, 9.17) is 11.6 Å². The molecule has 6 heteroatoms. The average molecular weight is 495 g/mol. The lowest BCUT2D eigenvalue weighted by molar-refractivity contribution is -0.139. The summed E-state index contributed by atoms with van der Waals surface area (Å²) in [5.41, 5.74) is 3.13. The summed E-state index contributed by atoms with van der Waals surface area (Å²) in [6.07, 6.45) is 0.447. The lowest BCUT2D eigenvalue weighted by atomic mass is 10.0. The molecule has 0 spiro atoms. The molecular weight excluding hydrogens is 464 g/mol. The minimum atomic E-state index is -0.622. The highest BCUT2D eigenvalue weighted by molar-refractivity contribution is 8.00. The molecule has 1 N–H and O–H groups in total. The van der Waals surface area contributed by atoms with E-state index in [1.807, 2.05) is 93.6 Å². The standard InChI is InChI=1S/C28H31ClN2O2S/c1-20(2)30-28(33)26(17-22-9-5-4-6-10-22)31(18-23-11-7-8-21(3)16-23)27(32)19-34-25-14-12-24(29)13-15-25/h4-16,20,26H,17-19H2,1-3H3,(H,30,33). The first-order valence-electron chi connectivity index (χ1n) is 11.4. The highest BCUT2D eigenvalue weighted by Gasteiger charge is 2.30. The van der Waals surface area contributed by atoms with E-state index in [0.717, 1.165) is 21.6 Å². The fourth-order valence-corrected chi connectivity index (χ4v) is 4.61. The van der Waals surface area contributed by atoms with Crippen molar-refractivity contribution in [3.63, 3.8) is 0 Å². The van der Waals surface area contributed by atoms with E-state index in [9.17, 15) is 9.59 Å². The Morgan fingerprint density at radius 3 is 2.26 bits per heavy atom. The van der Waals surface area contributed by atoms with Crippen LogP contribution in [0, 0.1) is 6.92 Å². The van der Waals surface area contributed by atoms with Crippen LogP contribution < -0.4 is 5.32 Å². The topological polar surface area (TPSA) is 49.4 Å². The van der Waals surface area contributed by atoms with Crippen LogP contribution in [0.4, 0.5) is 0 Å². The van der Waals surface area contributed by atoms with Crippen LogP contribution in [-0.2, 0) is 22.6 Å². The van der Waals surface area contributed by atoms with E-state index in [-0.39, 0.29) is 23.6 Å². The molecule has 0 saturated heterocycles. The number of hydrogen-bond acceptors (Lipinski definition) is 3. The molecule has 178 valence electrons. The monoisotopic (exact) mass is 494 g/mol. The van der Waals surface area contributed by atoms with Crippen LogP contribution in [0.1, 0.15) is 30.5 Å². The first-order chi connectivity index (χ1) is 16.3. The molecule has 0 radical (unpaired) electrons. The van der Waals surface area contributed by atoms with Gasteiger partial charge >= 0.3 is 0 Å². The lowest BCUT2D eigenvalue weighted by Crippen LogP contribution is -2.52. The van der Waals surface area contributed by atoms with E-state index >= 15 is 0 Å². The van der Waals surface area contributed by atoms with E-state index in [2.05, 4.69) is 11.4 Å². The van der Waals surface area contributed by atoms with Crippen molar-refractivity contribution in [2.75, 3.05) is 5.75 Å². The molecule has 1 unspecified atom stereocenters. The fraction of sp³-hybridized carbons (Fsp3) is 0.286. The van der Waals surface area contributed by atoms with E-state index < -0.39 is 6.04 Å². The van der Waals surface area contributed by atoms with Crippen molar-refractivity contribution in [3.8, 4) is 0 Å². The highest BCUT2D eigenvalue weighted by atomic mass is 35.5. The number of nitrogens with one attached hydrogen (secondary N) is 1. The van der Waals surface area contributed by atoms with Gasteiger partial charge in [-0.25, -0.2) is 0 Å². The van der Waals surface area contributed by atoms with Gasteiger partial charge in [0.25, 0.3) is 0 Å². The number of nitrogens with zero attached hydrogens (tertiary/aromatic N) is 1. The summed E-state index contributed by atoms with van der Waals surface area (Å²) in [7, 11) is 0. The van der Waals surface area contributed by atoms with Crippen molar-refractivity contribution in [3.05, 3.63) is 101 Å². The molecule has 4 nitrogen and oxygen atoms in total. The van der Waals surface area contributed by atoms with E-state index in [0.29, 0.717) is 18.0 Å². The predicted molar refractivity (Wildman–Crippen MR) is 141 cm³/mol. The van der Waals surface area contributed by atoms with Gasteiger partial charge in [-0.2, -0.15) is 0 Å². The Labute approximate surface area is 211 Å². The maximum atomic E-state index is 13.6. The van der Waals surface area contributed by atoms with Gasteiger partial charge in [0.05, 0.1) is 5.75 Å². The maximum absolute atomic E-state index is 13.6. The van der Waals surface area contributed by atoms with Gasteiger partial charge in [0, 0.05) is 28.9 Å². The fourth-order valence-electron chi connectivity index (χ4n) is 3.70. The molecule has 3 aromatic rings. The van der Waals surface area contributed by atoms with Gasteiger partial charge in [-0.1, -0.05) is 71.8 Å². The maximum Gasteiger partial charge on any atom is 0.243 e. The Kier molecular flexibility index (Phi) is 9.61. The molecule has 0 aliphatic carbocycles. The Hall–Kier alpha value is -2.76. The molecule has 3 rings (SSSR count). The second-order valence-electron chi connectivity index (χ2n) is 8.62. The van der Waals surface area contributed by atoms with Crippen molar-refractivity contribution in [1.29, 1.82) is 0 Å². The number of carbonyl (C=O) groups excluding carboxylic acids is 2. The molecule has 1 atom stereocenters. The van der Waals surface area contributed by atoms with Gasteiger partial charge in [-0.05, 0) is 56.2 Å². The summed E-state index contributed by atoms with van der Waals surface area (Å²) in [5.74, 6) is 0.00545. The molecule has 0 aliphatic rings. The van der Waals surface area contributed by atoms with Crippen molar-refractivity contribution >= 4 is 35.2 Å². The Bertz CT molecular complexity index is 1090. The number of carbonyl (C=O) groups is 2. The minimum absolute atomic E-state index is 0.0230. The van der Waals surface area contributed by atoms with Gasteiger partial charge in [0.15, 0.2) is 0 Å². The number of rotatable bonds is 10. The number of hydrogen-bond donors (Lipinski definition) is 1. The van der Waals surface area contributed by atoms with E-state index in [1.165, 1.54) is 11.8 Å². The Morgan fingerprint density at radius 1 is 0.941 bits per heavy atom. The minimum Gasteiger partial charge on any atom is -0.352 e. The van der Waals surface area contributed by atoms with Crippen molar-refractivity contribution in [2.45, 2.75) is 50.7 Å². The Balaban J connectivity index is 1.90. The smallest absolute Gasteiger partial charge is 0.243 e. The van der Waals surface area contributed by atoms with Crippen molar-refractivity contribution in [1.82, 2.24) is 10.2 Å². The van der Waals surface area contributed by atoms with Crippen LogP contribution in [0.15, 0.2) is 83.8 Å². The number of halogens is 1. The second-order valence-corrected chi connectivity index (χ2v) is 10.1. The largest absolute Gasteiger partial charge is 0.352 e. The van der Waals surface area contributed by atoms with Gasteiger partial charge < -0.3 is 10.2 Å². The molecular formula is C28H31ClN2O2S. The molecule has 0 heterocycles. The molecule has 0 aliphatic heterocycles. The SMILES string of the molecule is Cc1cccc(CN(C(=O)CSc2ccc(Cl)cc2)C(Cc2ccccc2)C(=O)NC(C)C)c1. The summed E-state index contributed by atoms with van der Waals surface area (Å²) in [5, 5.41) is 3.68. The van der Waals surface area contributed by atoms with Gasteiger partial charge in [0.2, 0.25) is 11.8 Å². The van der Waals surface area contributed by atoms with Crippen LogP contribution in [0.25, 0.3) is 0 Å². The summed E-state index contributed by atoms with van der Waals surface area (Å²) in [4.78, 5) is 29.6. The highest BCUT2D eigenvalue weighted by Crippen LogP contribution is 2.23. The van der Waals surface area contributed by atoms with Crippen LogP contribution in [-0.4, -0.2) is 34.6 Å². The number of amides is 2. The molecule has 0 bridgehead atoms. The number of aryl methyl sites for hydroxylation is 1. The summed E-state index contributed by atoms with van der Waals surface area (Å²) < 4.78 is 0. The number of thioether (sulfide) groups is 1. The molecule has 0 fully saturated rings. The van der Waals surface area contributed by atoms with Crippen LogP contribution in [0.3, 0.4) is 0 Å². The predicted octanol–water partition coefficient (Wildman–Crippen LogP) is 5.91. The molecule has 0 aromatic heterocycles. The van der Waals surface area contributed by atoms with Crippen molar-refractivity contribution in [2.24, 2.45) is 0 Å². The molecule has 3 aromatic carbocycles. The zero-order chi connectivity index (χ0) is 24.5. The summed E-state index contributed by atoms with van der Waals surface area (Å²) >= 11 is 7.44.